The number of carbonyl (C=O) groups is 1. The van der Waals surface area contributed by atoms with E-state index in [9.17, 15) is 14.0 Å². The van der Waals surface area contributed by atoms with Crippen LogP contribution in [0, 0.1) is 12.7 Å². The number of hydrogen-bond acceptors (Lipinski definition) is 3. The van der Waals surface area contributed by atoms with Gasteiger partial charge in [-0.2, -0.15) is 0 Å². The number of rotatable bonds is 2. The van der Waals surface area contributed by atoms with Crippen molar-refractivity contribution in [2.45, 2.75) is 6.92 Å². The number of aryl methyl sites for hydroxylation is 1. The molecule has 0 saturated heterocycles. The molecule has 3 aromatic rings. The van der Waals surface area contributed by atoms with Gasteiger partial charge in [-0.05, 0) is 36.8 Å². The monoisotopic (exact) mass is 298 g/mol. The van der Waals surface area contributed by atoms with Gasteiger partial charge in [0.05, 0.1) is 16.5 Å². The van der Waals surface area contributed by atoms with Crippen molar-refractivity contribution < 1.29 is 14.3 Å². The van der Waals surface area contributed by atoms with Crippen LogP contribution in [0.1, 0.15) is 15.9 Å². The quantitative estimate of drug-likeness (QED) is 0.762. The largest absolute Gasteiger partial charge is 0.478 e. The number of carboxylic acids is 1. The molecule has 0 aliphatic carbocycles. The Bertz CT molecular complexity index is 963. The first-order chi connectivity index (χ1) is 10.5. The molecule has 0 fully saturated rings. The van der Waals surface area contributed by atoms with E-state index in [2.05, 4.69) is 9.97 Å². The second kappa shape index (κ2) is 5.07. The standard InChI is InChI=1S/C16H11FN2O3/c1-8-2-3-9(6-12(8)17)14-18-13-7-10(16(21)22)4-5-11(13)15(20)19-14/h2-7H,1H3,(H,21,22)(H,18,19,20). The fourth-order valence-electron chi connectivity index (χ4n) is 2.15. The van der Waals surface area contributed by atoms with Crippen LogP contribution >= 0.6 is 0 Å². The molecule has 3 rings (SSSR count). The lowest BCUT2D eigenvalue weighted by molar-refractivity contribution is 0.0697. The summed E-state index contributed by atoms with van der Waals surface area (Å²) in [5, 5.41) is 9.28. The van der Waals surface area contributed by atoms with E-state index < -0.39 is 17.3 Å². The van der Waals surface area contributed by atoms with E-state index in [0.717, 1.165) is 0 Å². The predicted octanol–water partition coefficient (Wildman–Crippen LogP) is 2.74. The van der Waals surface area contributed by atoms with E-state index in [1.54, 1.807) is 19.1 Å². The van der Waals surface area contributed by atoms with Crippen LogP contribution < -0.4 is 5.56 Å². The van der Waals surface area contributed by atoms with Gasteiger partial charge in [-0.1, -0.05) is 12.1 Å². The Morgan fingerprint density at radius 1 is 1.23 bits per heavy atom. The van der Waals surface area contributed by atoms with Crippen molar-refractivity contribution in [2.24, 2.45) is 0 Å². The Morgan fingerprint density at radius 3 is 2.68 bits per heavy atom. The molecule has 0 saturated carbocycles. The number of fused-ring (bicyclic) bond motifs is 1. The van der Waals surface area contributed by atoms with Crippen molar-refractivity contribution in [3.63, 3.8) is 0 Å². The summed E-state index contributed by atoms with van der Waals surface area (Å²) in [6.07, 6.45) is 0. The molecule has 1 aromatic heterocycles. The lowest BCUT2D eigenvalue weighted by atomic mass is 10.1. The average Bonchev–Trinajstić information content (AvgIpc) is 2.49. The van der Waals surface area contributed by atoms with Gasteiger partial charge in [0, 0.05) is 5.56 Å². The van der Waals surface area contributed by atoms with Crippen molar-refractivity contribution in [1.29, 1.82) is 0 Å². The molecule has 0 atom stereocenters. The Labute approximate surface area is 124 Å². The highest BCUT2D eigenvalue weighted by molar-refractivity contribution is 5.93. The summed E-state index contributed by atoms with van der Waals surface area (Å²) in [5.41, 5.74) is 0.784. The molecule has 110 valence electrons. The third kappa shape index (κ3) is 2.35. The zero-order chi connectivity index (χ0) is 15.9. The van der Waals surface area contributed by atoms with Crippen LogP contribution in [0.5, 0.6) is 0 Å². The molecule has 2 N–H and O–H groups in total. The van der Waals surface area contributed by atoms with Crippen LogP contribution in [0.15, 0.2) is 41.2 Å². The third-order valence-electron chi connectivity index (χ3n) is 3.40. The molecule has 2 aromatic carbocycles. The molecular formula is C16H11FN2O3. The number of carboxylic acid groups (broad SMARTS) is 1. The maximum Gasteiger partial charge on any atom is 0.335 e. The van der Waals surface area contributed by atoms with Crippen LogP contribution in [0.3, 0.4) is 0 Å². The molecule has 0 aliphatic rings. The van der Waals surface area contributed by atoms with Gasteiger partial charge < -0.3 is 10.1 Å². The highest BCUT2D eigenvalue weighted by Crippen LogP contribution is 2.19. The normalized spacial score (nSPS) is 10.8. The van der Waals surface area contributed by atoms with E-state index in [1.807, 2.05) is 0 Å². The van der Waals surface area contributed by atoms with Gasteiger partial charge >= 0.3 is 5.97 Å². The molecule has 1 heterocycles. The summed E-state index contributed by atoms with van der Waals surface area (Å²) >= 11 is 0. The van der Waals surface area contributed by atoms with Crippen molar-refractivity contribution in [3.8, 4) is 11.4 Å². The number of nitrogens with zero attached hydrogens (tertiary/aromatic N) is 1. The van der Waals surface area contributed by atoms with Gasteiger partial charge in [0.1, 0.15) is 11.6 Å². The first kappa shape index (κ1) is 13.9. The topological polar surface area (TPSA) is 83.0 Å². The maximum atomic E-state index is 13.7. The number of aromatic amines is 1. The molecule has 6 heteroatoms. The summed E-state index contributed by atoms with van der Waals surface area (Å²) in [4.78, 5) is 29.9. The van der Waals surface area contributed by atoms with E-state index in [-0.39, 0.29) is 22.3 Å². The summed E-state index contributed by atoms with van der Waals surface area (Å²) in [7, 11) is 0. The SMILES string of the molecule is Cc1ccc(-c2nc3cc(C(=O)O)ccc3c(=O)[nH]2)cc1F. The summed E-state index contributed by atoms with van der Waals surface area (Å²) < 4.78 is 13.7. The number of aromatic carboxylic acids is 1. The number of benzene rings is 2. The summed E-state index contributed by atoms with van der Waals surface area (Å²) in [6, 6.07) is 8.57. The Morgan fingerprint density at radius 2 is 2.00 bits per heavy atom. The van der Waals surface area contributed by atoms with Gasteiger partial charge in [0.2, 0.25) is 0 Å². The zero-order valence-corrected chi connectivity index (χ0v) is 11.6. The minimum atomic E-state index is -1.10. The smallest absolute Gasteiger partial charge is 0.335 e. The molecule has 0 bridgehead atoms. The average molecular weight is 298 g/mol. The number of nitrogens with one attached hydrogen (secondary N) is 1. The lowest BCUT2D eigenvalue weighted by Gasteiger charge is -2.05. The van der Waals surface area contributed by atoms with Crippen LogP contribution in [-0.2, 0) is 0 Å². The van der Waals surface area contributed by atoms with Gasteiger partial charge in [-0.15, -0.1) is 0 Å². The minimum absolute atomic E-state index is 0.0339. The number of aromatic nitrogens is 2. The zero-order valence-electron chi connectivity index (χ0n) is 11.6. The Kier molecular flexibility index (Phi) is 3.21. The maximum absolute atomic E-state index is 13.7. The van der Waals surface area contributed by atoms with Crippen LogP contribution in [-0.4, -0.2) is 21.0 Å². The van der Waals surface area contributed by atoms with E-state index in [0.29, 0.717) is 11.1 Å². The lowest BCUT2D eigenvalue weighted by Crippen LogP contribution is -2.10. The van der Waals surface area contributed by atoms with Gasteiger partial charge in [0.25, 0.3) is 5.56 Å². The Hall–Kier alpha value is -3.02. The minimum Gasteiger partial charge on any atom is -0.478 e. The van der Waals surface area contributed by atoms with Gasteiger partial charge in [-0.3, -0.25) is 4.79 Å². The van der Waals surface area contributed by atoms with Gasteiger partial charge in [-0.25, -0.2) is 14.2 Å². The van der Waals surface area contributed by atoms with E-state index in [4.69, 9.17) is 5.11 Å². The molecule has 0 amide bonds. The molecular weight excluding hydrogens is 287 g/mol. The molecule has 0 unspecified atom stereocenters. The number of H-pyrrole nitrogens is 1. The number of hydrogen-bond donors (Lipinski definition) is 2. The second-order valence-electron chi connectivity index (χ2n) is 4.92. The predicted molar refractivity (Wildman–Crippen MR) is 79.5 cm³/mol. The van der Waals surface area contributed by atoms with Crippen molar-refractivity contribution in [1.82, 2.24) is 9.97 Å². The molecule has 0 aliphatic heterocycles. The molecule has 0 spiro atoms. The van der Waals surface area contributed by atoms with Crippen molar-refractivity contribution in [3.05, 3.63) is 63.7 Å². The van der Waals surface area contributed by atoms with E-state index >= 15 is 0 Å². The fourth-order valence-corrected chi connectivity index (χ4v) is 2.15. The second-order valence-corrected chi connectivity index (χ2v) is 4.92. The van der Waals surface area contributed by atoms with Crippen LogP contribution in [0.25, 0.3) is 22.3 Å². The fraction of sp³-hybridized carbons (Fsp3) is 0.0625. The van der Waals surface area contributed by atoms with Crippen molar-refractivity contribution >= 4 is 16.9 Å². The molecule has 22 heavy (non-hydrogen) atoms. The Balaban J connectivity index is 2.24. The first-order valence-corrected chi connectivity index (χ1v) is 6.49. The van der Waals surface area contributed by atoms with Crippen LogP contribution in [0.4, 0.5) is 4.39 Å². The highest BCUT2D eigenvalue weighted by atomic mass is 19.1. The third-order valence-corrected chi connectivity index (χ3v) is 3.40. The highest BCUT2D eigenvalue weighted by Gasteiger charge is 2.10. The number of halogens is 1. The summed E-state index contributed by atoms with van der Waals surface area (Å²) in [5.74, 6) is -1.31. The van der Waals surface area contributed by atoms with Crippen LogP contribution in [0.2, 0.25) is 0 Å². The van der Waals surface area contributed by atoms with E-state index in [1.165, 1.54) is 24.3 Å². The molecule has 0 radical (unpaired) electrons. The summed E-state index contributed by atoms with van der Waals surface area (Å²) in [6.45, 7) is 1.63. The first-order valence-electron chi connectivity index (χ1n) is 6.49. The molecule has 5 nitrogen and oxygen atoms in total. The van der Waals surface area contributed by atoms with Crippen molar-refractivity contribution in [2.75, 3.05) is 0 Å². The van der Waals surface area contributed by atoms with Gasteiger partial charge in [0.15, 0.2) is 0 Å².